The van der Waals surface area contributed by atoms with Crippen molar-refractivity contribution in [3.8, 4) is 35.3 Å². The molecule has 1 atom stereocenters. The van der Waals surface area contributed by atoms with E-state index in [9.17, 15) is 9.59 Å². The number of nitrogens with zero attached hydrogens (tertiary/aromatic N) is 2. The third-order valence-corrected chi connectivity index (χ3v) is 7.43. The molecule has 0 unspecified atom stereocenters. The number of rotatable bonds is 13. The summed E-state index contributed by atoms with van der Waals surface area (Å²) in [7, 11) is 3.06. The molecule has 11 heteroatoms. The fourth-order valence-corrected chi connectivity index (χ4v) is 5.70. The largest absolute Gasteiger partial charge is 0.493 e. The molecule has 0 saturated carbocycles. The number of carbonyl (C=O) groups excluding carboxylic acids is 1. The Hall–Kier alpha value is -4.53. The average molecular weight is 607 g/mol. The summed E-state index contributed by atoms with van der Waals surface area (Å²) < 4.78 is 35.4. The van der Waals surface area contributed by atoms with Gasteiger partial charge in [0.05, 0.1) is 42.7 Å². The van der Waals surface area contributed by atoms with E-state index in [4.69, 9.17) is 34.8 Å². The summed E-state index contributed by atoms with van der Waals surface area (Å²) in [6, 6.07) is 9.81. The number of methoxy groups -OCH3 is 2. The van der Waals surface area contributed by atoms with Crippen LogP contribution in [0.25, 0.3) is 6.08 Å². The van der Waals surface area contributed by atoms with Crippen LogP contribution in [0.1, 0.15) is 37.9 Å². The molecule has 0 aliphatic carbocycles. The number of hydrogen-bond donors (Lipinski definition) is 0. The number of terminal acetylenes is 1. The van der Waals surface area contributed by atoms with Crippen molar-refractivity contribution in [2.45, 2.75) is 26.8 Å². The van der Waals surface area contributed by atoms with Crippen LogP contribution in [0, 0.1) is 12.3 Å². The number of carbonyl (C=O) groups is 1. The summed E-state index contributed by atoms with van der Waals surface area (Å²) >= 11 is 1.21. The van der Waals surface area contributed by atoms with Gasteiger partial charge in [-0.1, -0.05) is 35.5 Å². The lowest BCUT2D eigenvalue weighted by Gasteiger charge is -2.27. The Morgan fingerprint density at radius 3 is 2.56 bits per heavy atom. The molecule has 1 aromatic heterocycles. The maximum atomic E-state index is 14.1. The summed E-state index contributed by atoms with van der Waals surface area (Å²) in [5.41, 5.74) is 1.59. The van der Waals surface area contributed by atoms with Crippen LogP contribution in [-0.4, -0.2) is 57.8 Å². The lowest BCUT2D eigenvalue weighted by Crippen LogP contribution is -2.40. The van der Waals surface area contributed by atoms with Gasteiger partial charge in [-0.25, -0.2) is 9.79 Å². The molecule has 0 radical (unpaired) electrons. The van der Waals surface area contributed by atoms with E-state index in [2.05, 4.69) is 10.9 Å². The van der Waals surface area contributed by atoms with Crippen molar-refractivity contribution in [3.05, 3.63) is 78.5 Å². The van der Waals surface area contributed by atoms with Gasteiger partial charge in [0, 0.05) is 12.7 Å². The summed E-state index contributed by atoms with van der Waals surface area (Å²) in [6.07, 6.45) is 7.09. The van der Waals surface area contributed by atoms with Gasteiger partial charge in [0.25, 0.3) is 5.56 Å². The summed E-state index contributed by atoms with van der Waals surface area (Å²) in [5.74, 6) is 3.75. The molecule has 2 heterocycles. The molecular formula is C32H34N2O8S. The number of esters is 1. The van der Waals surface area contributed by atoms with Gasteiger partial charge >= 0.3 is 5.97 Å². The monoisotopic (exact) mass is 606 g/mol. The summed E-state index contributed by atoms with van der Waals surface area (Å²) in [4.78, 5) is 32.7. The third kappa shape index (κ3) is 6.77. The van der Waals surface area contributed by atoms with Gasteiger partial charge in [-0.05, 0) is 50.6 Å². The first-order valence-corrected chi connectivity index (χ1v) is 14.5. The van der Waals surface area contributed by atoms with Crippen molar-refractivity contribution >= 4 is 23.4 Å². The van der Waals surface area contributed by atoms with Gasteiger partial charge in [0.1, 0.15) is 19.3 Å². The van der Waals surface area contributed by atoms with E-state index in [1.54, 1.807) is 43.3 Å². The molecule has 3 aromatic rings. The molecular weight excluding hydrogens is 572 g/mol. The van der Waals surface area contributed by atoms with E-state index in [0.717, 1.165) is 0 Å². The molecule has 0 N–H and O–H groups in total. The number of fused-ring (bicyclic) bond motifs is 1. The van der Waals surface area contributed by atoms with Crippen molar-refractivity contribution in [3.63, 3.8) is 0 Å². The summed E-state index contributed by atoms with van der Waals surface area (Å²) in [5, 5.41) is 0. The lowest BCUT2D eigenvalue weighted by atomic mass is 9.94. The predicted octanol–water partition coefficient (Wildman–Crippen LogP) is 3.24. The number of hydrogen-bond acceptors (Lipinski definition) is 10. The quantitative estimate of drug-likeness (QED) is 0.166. The Kier molecular flexibility index (Phi) is 10.6. The molecule has 4 rings (SSSR count). The maximum absolute atomic E-state index is 14.1. The molecule has 0 amide bonds. The zero-order valence-corrected chi connectivity index (χ0v) is 25.6. The van der Waals surface area contributed by atoms with Crippen LogP contribution < -0.4 is 33.8 Å². The van der Waals surface area contributed by atoms with Gasteiger partial charge in [-0.2, -0.15) is 0 Å². The molecule has 226 valence electrons. The zero-order valence-electron chi connectivity index (χ0n) is 24.8. The minimum absolute atomic E-state index is 0.0445. The predicted molar refractivity (Wildman–Crippen MR) is 163 cm³/mol. The van der Waals surface area contributed by atoms with Crippen molar-refractivity contribution in [1.82, 2.24) is 4.57 Å². The molecule has 43 heavy (non-hydrogen) atoms. The van der Waals surface area contributed by atoms with Crippen molar-refractivity contribution < 1.29 is 33.2 Å². The third-order valence-electron chi connectivity index (χ3n) is 6.45. The van der Waals surface area contributed by atoms with Gasteiger partial charge in [0.15, 0.2) is 27.8 Å². The van der Waals surface area contributed by atoms with E-state index in [1.165, 1.54) is 30.1 Å². The number of thiazole rings is 1. The van der Waals surface area contributed by atoms with E-state index in [0.29, 0.717) is 62.4 Å². The Morgan fingerprint density at radius 2 is 1.86 bits per heavy atom. The Bertz CT molecular complexity index is 1730. The van der Waals surface area contributed by atoms with E-state index in [1.807, 2.05) is 19.9 Å². The molecule has 2 aromatic carbocycles. The minimum Gasteiger partial charge on any atom is -0.493 e. The Balaban J connectivity index is 1.92. The number of ether oxygens (including phenoxy) is 6. The Morgan fingerprint density at radius 1 is 1.07 bits per heavy atom. The second kappa shape index (κ2) is 14.6. The van der Waals surface area contributed by atoms with Gasteiger partial charge in [-0.15, -0.1) is 6.42 Å². The van der Waals surface area contributed by atoms with E-state index < -0.39 is 12.0 Å². The molecule has 10 nitrogen and oxygen atoms in total. The number of aromatic nitrogens is 1. The SMILES string of the molecule is C#CCOc1ccc(/C=c2/sc3n(c2=O)[C@@H](c2cccc(OC)c2OCC)C(C(=O)OCCOC)=C(C)N=3)cc1OCC. The van der Waals surface area contributed by atoms with Crippen LogP contribution in [-0.2, 0) is 14.3 Å². The van der Waals surface area contributed by atoms with Crippen molar-refractivity contribution in [1.29, 1.82) is 0 Å². The van der Waals surface area contributed by atoms with Gasteiger partial charge in [0.2, 0.25) is 0 Å². The van der Waals surface area contributed by atoms with E-state index >= 15 is 0 Å². The highest BCUT2D eigenvalue weighted by Crippen LogP contribution is 2.40. The minimum atomic E-state index is -0.886. The standard InChI is InChI=1S/C32H34N2O8S/c1-7-15-41-23-14-13-21(18-25(23)39-8-2)19-26-30(35)34-28(22-11-10-12-24(38-6)29(22)40-9-3)27(20(4)33-32(34)43-26)31(36)42-17-16-37-5/h1,10-14,18-19,28H,8-9,15-17H2,2-6H3/b26-19+/t28-/m0/s1. The first kappa shape index (κ1) is 31.4. The fourth-order valence-electron chi connectivity index (χ4n) is 4.65. The second-order valence-electron chi connectivity index (χ2n) is 9.15. The molecule has 0 fully saturated rings. The van der Waals surface area contributed by atoms with Crippen LogP contribution >= 0.6 is 11.3 Å². The highest BCUT2D eigenvalue weighted by atomic mass is 32.1. The van der Waals surface area contributed by atoms with Gasteiger partial charge < -0.3 is 28.4 Å². The van der Waals surface area contributed by atoms with Crippen molar-refractivity contribution in [2.75, 3.05) is 47.3 Å². The number of benzene rings is 2. The molecule has 0 spiro atoms. The zero-order chi connectivity index (χ0) is 30.9. The highest BCUT2D eigenvalue weighted by molar-refractivity contribution is 7.07. The Labute approximate surface area is 253 Å². The van der Waals surface area contributed by atoms with Crippen molar-refractivity contribution in [2.24, 2.45) is 4.99 Å². The molecule has 0 saturated heterocycles. The normalized spacial score (nSPS) is 14.4. The number of para-hydroxylation sites is 1. The van der Waals surface area contributed by atoms with Crippen LogP contribution in [0.3, 0.4) is 0 Å². The lowest BCUT2D eigenvalue weighted by molar-refractivity contribution is -0.140. The molecule has 1 aliphatic rings. The second-order valence-corrected chi connectivity index (χ2v) is 10.2. The van der Waals surface area contributed by atoms with Crippen LogP contribution in [0.15, 0.2) is 57.5 Å². The fraction of sp³-hybridized carbons (Fsp3) is 0.344. The topological polar surface area (TPSA) is 107 Å². The summed E-state index contributed by atoms with van der Waals surface area (Å²) in [6.45, 7) is 6.57. The maximum Gasteiger partial charge on any atom is 0.338 e. The van der Waals surface area contributed by atoms with Crippen LogP contribution in [0.4, 0.5) is 0 Å². The average Bonchev–Trinajstić information content (AvgIpc) is 3.30. The molecule has 1 aliphatic heterocycles. The smallest absolute Gasteiger partial charge is 0.338 e. The van der Waals surface area contributed by atoms with Crippen LogP contribution in [0.2, 0.25) is 0 Å². The first-order chi connectivity index (χ1) is 20.9. The highest BCUT2D eigenvalue weighted by Gasteiger charge is 2.36. The van der Waals surface area contributed by atoms with E-state index in [-0.39, 0.29) is 31.0 Å². The molecule has 0 bridgehead atoms. The van der Waals surface area contributed by atoms with Crippen LogP contribution in [0.5, 0.6) is 23.0 Å². The first-order valence-electron chi connectivity index (χ1n) is 13.7. The number of allylic oxidation sites excluding steroid dienone is 1. The van der Waals surface area contributed by atoms with Gasteiger partial charge in [-0.3, -0.25) is 9.36 Å².